The smallest absolute Gasteiger partial charge is 0.355 e. The quantitative estimate of drug-likeness (QED) is 0.774. The Morgan fingerprint density at radius 3 is 2.35 bits per heavy atom. The normalized spacial score (nSPS) is 10.5. The van der Waals surface area contributed by atoms with Crippen molar-refractivity contribution in [3.8, 4) is 0 Å². The molecule has 26 heavy (non-hydrogen) atoms. The molecule has 0 saturated carbocycles. The average molecular weight is 358 g/mol. The predicted molar refractivity (Wildman–Crippen MR) is 96.2 cm³/mol. The highest BCUT2D eigenvalue weighted by molar-refractivity contribution is 5.99. The van der Waals surface area contributed by atoms with Crippen LogP contribution in [0.25, 0.3) is 0 Å². The molecule has 1 heterocycles. The molecule has 7 nitrogen and oxygen atoms in total. The molecule has 138 valence electrons. The first-order chi connectivity index (χ1) is 12.3. The number of amides is 1. The van der Waals surface area contributed by atoms with Gasteiger partial charge in [0, 0.05) is 11.4 Å². The highest BCUT2D eigenvalue weighted by Crippen LogP contribution is 2.20. The molecule has 2 N–H and O–H groups in total. The molecule has 0 radical (unpaired) electrons. The van der Waals surface area contributed by atoms with Crippen LogP contribution in [0.4, 0.5) is 5.69 Å². The van der Waals surface area contributed by atoms with Crippen LogP contribution in [0.1, 0.15) is 46.0 Å². The summed E-state index contributed by atoms with van der Waals surface area (Å²) in [7, 11) is 0. The molecule has 2 aromatic rings. The second-order valence-electron chi connectivity index (χ2n) is 6.07. The van der Waals surface area contributed by atoms with E-state index in [1.165, 1.54) is 0 Å². The number of nitrogens with one attached hydrogen (secondary N) is 2. The molecule has 0 bridgehead atoms. The average Bonchev–Trinajstić information content (AvgIpc) is 2.87. The van der Waals surface area contributed by atoms with Gasteiger partial charge in [-0.3, -0.25) is 4.79 Å². The largest absolute Gasteiger partial charge is 0.459 e. The first kappa shape index (κ1) is 19.2. The highest BCUT2D eigenvalue weighted by Gasteiger charge is 2.24. The van der Waals surface area contributed by atoms with Gasteiger partial charge in [-0.15, -0.1) is 0 Å². The Morgan fingerprint density at radius 1 is 1.08 bits per heavy atom. The van der Waals surface area contributed by atoms with Crippen LogP contribution in [0.3, 0.4) is 0 Å². The van der Waals surface area contributed by atoms with Gasteiger partial charge in [-0.25, -0.2) is 9.59 Å². The van der Waals surface area contributed by atoms with E-state index in [4.69, 9.17) is 9.47 Å². The molecule has 0 fully saturated rings. The van der Waals surface area contributed by atoms with E-state index in [2.05, 4.69) is 10.3 Å². The lowest BCUT2D eigenvalue weighted by atomic mass is 10.1. The minimum atomic E-state index is -0.711. The van der Waals surface area contributed by atoms with Crippen molar-refractivity contribution >= 4 is 23.5 Å². The molecule has 1 aromatic heterocycles. The summed E-state index contributed by atoms with van der Waals surface area (Å²) in [5.74, 6) is -1.67. The van der Waals surface area contributed by atoms with Crippen LogP contribution in [-0.2, 0) is 14.3 Å². The zero-order chi connectivity index (χ0) is 19.3. The summed E-state index contributed by atoms with van der Waals surface area (Å²) in [5, 5.41) is 2.62. The highest BCUT2D eigenvalue weighted by atomic mass is 16.5. The van der Waals surface area contributed by atoms with E-state index < -0.39 is 24.5 Å². The van der Waals surface area contributed by atoms with Gasteiger partial charge in [0.05, 0.1) is 11.7 Å². The Kier molecular flexibility index (Phi) is 6.16. The van der Waals surface area contributed by atoms with Gasteiger partial charge < -0.3 is 19.8 Å². The zero-order valence-corrected chi connectivity index (χ0v) is 15.2. The van der Waals surface area contributed by atoms with E-state index in [1.807, 2.05) is 6.07 Å². The number of para-hydroxylation sites is 1. The van der Waals surface area contributed by atoms with Gasteiger partial charge in [-0.05, 0) is 45.4 Å². The molecule has 0 unspecified atom stereocenters. The Balaban J connectivity index is 2.01. The number of aromatic amines is 1. The van der Waals surface area contributed by atoms with Gasteiger partial charge in [-0.2, -0.15) is 0 Å². The molecule has 0 aliphatic rings. The third kappa shape index (κ3) is 4.72. The third-order valence-corrected chi connectivity index (χ3v) is 3.58. The van der Waals surface area contributed by atoms with Crippen molar-refractivity contribution in [2.24, 2.45) is 0 Å². The summed E-state index contributed by atoms with van der Waals surface area (Å²) in [5.41, 5.74) is 1.99. The van der Waals surface area contributed by atoms with E-state index in [9.17, 15) is 14.4 Å². The number of esters is 2. The Labute approximate surface area is 151 Å². The Bertz CT molecular complexity index is 809. The molecular formula is C19H22N2O5. The lowest BCUT2D eigenvalue weighted by molar-refractivity contribution is -0.119. The number of carbonyl (C=O) groups excluding carboxylic acids is 3. The van der Waals surface area contributed by atoms with Crippen LogP contribution < -0.4 is 5.32 Å². The molecular weight excluding hydrogens is 336 g/mol. The number of rotatable bonds is 6. The van der Waals surface area contributed by atoms with Crippen molar-refractivity contribution in [3.63, 3.8) is 0 Å². The summed E-state index contributed by atoms with van der Waals surface area (Å²) in [6, 6.07) is 8.85. The van der Waals surface area contributed by atoms with Crippen molar-refractivity contribution in [3.05, 3.63) is 52.8 Å². The number of hydrogen-bond donors (Lipinski definition) is 2. The second kappa shape index (κ2) is 8.33. The topological polar surface area (TPSA) is 97.5 Å². The minimum Gasteiger partial charge on any atom is -0.459 e. The minimum absolute atomic E-state index is 0.130. The van der Waals surface area contributed by atoms with Gasteiger partial charge >= 0.3 is 11.9 Å². The maximum Gasteiger partial charge on any atom is 0.355 e. The number of ether oxygens (including phenoxy) is 2. The van der Waals surface area contributed by atoms with E-state index >= 15 is 0 Å². The number of H-pyrrole nitrogens is 1. The second-order valence-corrected chi connectivity index (χ2v) is 6.07. The van der Waals surface area contributed by atoms with Gasteiger partial charge in [0.2, 0.25) is 0 Å². The molecule has 0 atom stereocenters. The summed E-state index contributed by atoms with van der Waals surface area (Å²) in [4.78, 5) is 39.1. The fourth-order valence-corrected chi connectivity index (χ4v) is 2.46. The number of benzene rings is 1. The molecule has 1 amide bonds. The van der Waals surface area contributed by atoms with Crippen molar-refractivity contribution in [1.82, 2.24) is 4.98 Å². The van der Waals surface area contributed by atoms with Crippen molar-refractivity contribution in [1.29, 1.82) is 0 Å². The molecule has 0 aliphatic carbocycles. The fraction of sp³-hybridized carbons (Fsp3) is 0.316. The van der Waals surface area contributed by atoms with Crippen molar-refractivity contribution < 1.29 is 23.9 Å². The molecule has 0 saturated heterocycles. The zero-order valence-electron chi connectivity index (χ0n) is 15.2. The maximum atomic E-state index is 12.2. The van der Waals surface area contributed by atoms with Crippen LogP contribution in [0, 0.1) is 13.8 Å². The number of hydrogen-bond acceptors (Lipinski definition) is 5. The first-order valence-corrected chi connectivity index (χ1v) is 8.21. The molecule has 2 rings (SSSR count). The Hall–Kier alpha value is -3.09. The monoisotopic (exact) mass is 358 g/mol. The molecule has 0 aliphatic heterocycles. The molecule has 0 spiro atoms. The van der Waals surface area contributed by atoms with Crippen LogP contribution in [0.2, 0.25) is 0 Å². The van der Waals surface area contributed by atoms with Crippen LogP contribution >= 0.6 is 0 Å². The van der Waals surface area contributed by atoms with Gasteiger partial charge in [0.15, 0.2) is 6.61 Å². The molecule has 7 heteroatoms. The third-order valence-electron chi connectivity index (χ3n) is 3.58. The maximum absolute atomic E-state index is 12.2. The van der Waals surface area contributed by atoms with E-state index in [-0.39, 0.29) is 11.8 Å². The Morgan fingerprint density at radius 2 is 1.73 bits per heavy atom. The number of anilines is 1. The van der Waals surface area contributed by atoms with Crippen LogP contribution in [0.15, 0.2) is 30.3 Å². The van der Waals surface area contributed by atoms with Crippen LogP contribution in [0.5, 0.6) is 0 Å². The van der Waals surface area contributed by atoms with Crippen LogP contribution in [-0.4, -0.2) is 35.5 Å². The standard InChI is InChI=1S/C19H22N2O5/c1-11(2)26-18(23)16-12(3)17(20-13(16)4)19(24)25-10-15(22)21-14-8-6-5-7-9-14/h5-9,11,20H,10H2,1-4H3,(H,21,22). The van der Waals surface area contributed by atoms with Gasteiger partial charge in [-0.1, -0.05) is 18.2 Å². The predicted octanol–water partition coefficient (Wildman–Crippen LogP) is 2.99. The van der Waals surface area contributed by atoms with Crippen molar-refractivity contribution in [2.45, 2.75) is 33.8 Å². The van der Waals surface area contributed by atoms with Gasteiger partial charge in [0.25, 0.3) is 5.91 Å². The SMILES string of the molecule is Cc1[nH]c(C(=O)OCC(=O)Nc2ccccc2)c(C)c1C(=O)OC(C)C. The van der Waals surface area contributed by atoms with E-state index in [1.54, 1.807) is 52.0 Å². The van der Waals surface area contributed by atoms with E-state index in [0.29, 0.717) is 22.5 Å². The lowest BCUT2D eigenvalue weighted by Crippen LogP contribution is -2.21. The fourth-order valence-electron chi connectivity index (χ4n) is 2.46. The van der Waals surface area contributed by atoms with Crippen molar-refractivity contribution in [2.75, 3.05) is 11.9 Å². The summed E-state index contributed by atoms with van der Waals surface area (Å²) in [6.07, 6.45) is -0.270. The summed E-state index contributed by atoms with van der Waals surface area (Å²) in [6.45, 7) is 6.35. The number of aryl methyl sites for hydroxylation is 1. The number of carbonyl (C=O) groups is 3. The first-order valence-electron chi connectivity index (χ1n) is 8.21. The van der Waals surface area contributed by atoms with Gasteiger partial charge in [0.1, 0.15) is 5.69 Å². The van der Waals surface area contributed by atoms with E-state index in [0.717, 1.165) is 0 Å². The summed E-state index contributed by atoms with van der Waals surface area (Å²) >= 11 is 0. The molecule has 1 aromatic carbocycles. The summed E-state index contributed by atoms with van der Waals surface area (Å²) < 4.78 is 10.2. The lowest BCUT2D eigenvalue weighted by Gasteiger charge is -2.08. The number of aromatic nitrogens is 1.